The van der Waals surface area contributed by atoms with Gasteiger partial charge in [0.05, 0.1) is 5.39 Å². The van der Waals surface area contributed by atoms with E-state index >= 15 is 0 Å². The Morgan fingerprint density at radius 3 is 2.81 bits per heavy atom. The van der Waals surface area contributed by atoms with Gasteiger partial charge in [-0.25, -0.2) is 4.98 Å². The van der Waals surface area contributed by atoms with Crippen molar-refractivity contribution in [2.75, 3.05) is 17.2 Å². The summed E-state index contributed by atoms with van der Waals surface area (Å²) in [6.45, 7) is 6.79. The van der Waals surface area contributed by atoms with Gasteiger partial charge in [0.25, 0.3) is 0 Å². The maximum Gasteiger partial charge on any atom is 0.226 e. The molecule has 6 nitrogen and oxygen atoms in total. The number of carbonyl (C=O) groups is 1. The van der Waals surface area contributed by atoms with Crippen LogP contribution in [-0.4, -0.2) is 28.5 Å². The summed E-state index contributed by atoms with van der Waals surface area (Å²) in [4.78, 5) is 22.3. The van der Waals surface area contributed by atoms with Crippen LogP contribution in [0.25, 0.3) is 10.2 Å². The molecule has 7 heteroatoms. The highest BCUT2D eigenvalue weighted by Gasteiger charge is 2.14. The Kier molecular flexibility index (Phi) is 4.95. The van der Waals surface area contributed by atoms with Gasteiger partial charge in [0.1, 0.15) is 10.6 Å². The molecule has 0 spiro atoms. The SMILES string of the molecule is CCNc1nc(NC(C)CC(N)=O)c2cc(CC)sc2n1. The molecule has 4 N–H and O–H groups in total. The Morgan fingerprint density at radius 2 is 2.19 bits per heavy atom. The van der Waals surface area contributed by atoms with Gasteiger partial charge in [0.2, 0.25) is 11.9 Å². The molecular formula is C14H21N5OS. The normalized spacial score (nSPS) is 12.3. The molecule has 0 radical (unpaired) electrons. The summed E-state index contributed by atoms with van der Waals surface area (Å²) in [6, 6.07) is 2.04. The average molecular weight is 307 g/mol. The first-order valence-electron chi connectivity index (χ1n) is 7.12. The number of anilines is 2. The molecule has 0 bridgehead atoms. The van der Waals surface area contributed by atoms with Crippen molar-refractivity contribution in [3.8, 4) is 0 Å². The number of thiophene rings is 1. The number of hydrogen-bond acceptors (Lipinski definition) is 6. The molecule has 2 heterocycles. The maximum absolute atomic E-state index is 11.0. The van der Waals surface area contributed by atoms with E-state index in [4.69, 9.17) is 5.73 Å². The van der Waals surface area contributed by atoms with E-state index in [0.717, 1.165) is 29.0 Å². The minimum absolute atomic E-state index is 0.0694. The number of fused-ring (bicyclic) bond motifs is 1. The number of aryl methyl sites for hydroxylation is 1. The van der Waals surface area contributed by atoms with Gasteiger partial charge in [0.15, 0.2) is 0 Å². The lowest BCUT2D eigenvalue weighted by Crippen LogP contribution is -2.24. The molecule has 2 rings (SSSR count). The third kappa shape index (κ3) is 3.81. The fourth-order valence-electron chi connectivity index (χ4n) is 2.08. The number of nitrogens with two attached hydrogens (primary N) is 1. The van der Waals surface area contributed by atoms with Crippen molar-refractivity contribution < 1.29 is 4.79 Å². The Morgan fingerprint density at radius 1 is 1.43 bits per heavy atom. The van der Waals surface area contributed by atoms with Crippen molar-refractivity contribution in [1.29, 1.82) is 0 Å². The van der Waals surface area contributed by atoms with Crippen LogP contribution < -0.4 is 16.4 Å². The Balaban J connectivity index is 2.38. The first-order chi connectivity index (χ1) is 10.0. The zero-order valence-electron chi connectivity index (χ0n) is 12.6. The van der Waals surface area contributed by atoms with Gasteiger partial charge in [0, 0.05) is 23.9 Å². The summed E-state index contributed by atoms with van der Waals surface area (Å²) in [5.41, 5.74) is 5.24. The van der Waals surface area contributed by atoms with E-state index in [1.807, 2.05) is 13.8 Å². The largest absolute Gasteiger partial charge is 0.370 e. The van der Waals surface area contributed by atoms with Crippen molar-refractivity contribution in [3.05, 3.63) is 10.9 Å². The van der Waals surface area contributed by atoms with Crippen molar-refractivity contribution in [2.24, 2.45) is 5.73 Å². The van der Waals surface area contributed by atoms with E-state index in [2.05, 4.69) is 33.6 Å². The van der Waals surface area contributed by atoms with Crippen LogP contribution in [0.5, 0.6) is 0 Å². The quantitative estimate of drug-likeness (QED) is 0.730. The van der Waals surface area contributed by atoms with Crippen LogP contribution in [0.1, 0.15) is 32.1 Å². The summed E-state index contributed by atoms with van der Waals surface area (Å²) in [6.07, 6.45) is 1.24. The van der Waals surface area contributed by atoms with E-state index in [9.17, 15) is 4.79 Å². The highest BCUT2D eigenvalue weighted by Crippen LogP contribution is 2.30. The van der Waals surface area contributed by atoms with E-state index in [0.29, 0.717) is 5.95 Å². The van der Waals surface area contributed by atoms with E-state index in [1.54, 1.807) is 11.3 Å². The van der Waals surface area contributed by atoms with Crippen LogP contribution in [0.3, 0.4) is 0 Å². The van der Waals surface area contributed by atoms with Crippen LogP contribution >= 0.6 is 11.3 Å². The predicted molar refractivity (Wildman–Crippen MR) is 87.9 cm³/mol. The Labute approximate surface area is 128 Å². The lowest BCUT2D eigenvalue weighted by Gasteiger charge is -2.14. The lowest BCUT2D eigenvalue weighted by molar-refractivity contribution is -0.118. The summed E-state index contributed by atoms with van der Waals surface area (Å²) >= 11 is 1.67. The number of aromatic nitrogens is 2. The molecule has 1 atom stereocenters. The van der Waals surface area contributed by atoms with Crippen molar-refractivity contribution >= 4 is 39.2 Å². The summed E-state index contributed by atoms with van der Waals surface area (Å²) < 4.78 is 0. The second kappa shape index (κ2) is 6.71. The summed E-state index contributed by atoms with van der Waals surface area (Å²) in [7, 11) is 0. The topological polar surface area (TPSA) is 92.9 Å². The van der Waals surface area contributed by atoms with Gasteiger partial charge >= 0.3 is 0 Å². The highest BCUT2D eigenvalue weighted by molar-refractivity contribution is 7.18. The maximum atomic E-state index is 11.0. The van der Waals surface area contributed by atoms with Gasteiger partial charge < -0.3 is 16.4 Å². The number of primary amides is 1. The average Bonchev–Trinajstić information content (AvgIpc) is 2.81. The van der Waals surface area contributed by atoms with Gasteiger partial charge in [-0.3, -0.25) is 4.79 Å². The molecule has 2 aromatic heterocycles. The first-order valence-corrected chi connectivity index (χ1v) is 7.94. The first kappa shape index (κ1) is 15.5. The number of amides is 1. The molecule has 0 aliphatic heterocycles. The summed E-state index contributed by atoms with van der Waals surface area (Å²) in [5.74, 6) is 1.02. The summed E-state index contributed by atoms with van der Waals surface area (Å²) in [5, 5.41) is 7.40. The third-order valence-corrected chi connectivity index (χ3v) is 4.19. The second-order valence-corrected chi connectivity index (χ2v) is 6.04. The number of nitrogens with one attached hydrogen (secondary N) is 2. The number of rotatable bonds is 7. The van der Waals surface area contributed by atoms with Crippen LogP contribution in [0.2, 0.25) is 0 Å². The van der Waals surface area contributed by atoms with Crippen LogP contribution in [0.15, 0.2) is 6.07 Å². The Hall–Kier alpha value is -1.89. The molecular weight excluding hydrogens is 286 g/mol. The van der Waals surface area contributed by atoms with E-state index < -0.39 is 0 Å². The molecule has 0 aliphatic carbocycles. The number of nitrogens with zero attached hydrogens (tertiary/aromatic N) is 2. The molecule has 21 heavy (non-hydrogen) atoms. The van der Waals surface area contributed by atoms with Crippen LogP contribution in [0.4, 0.5) is 11.8 Å². The zero-order chi connectivity index (χ0) is 15.4. The number of carbonyl (C=O) groups excluding carboxylic acids is 1. The monoisotopic (exact) mass is 307 g/mol. The highest BCUT2D eigenvalue weighted by atomic mass is 32.1. The van der Waals surface area contributed by atoms with Gasteiger partial charge in [-0.05, 0) is 26.3 Å². The van der Waals surface area contributed by atoms with Crippen molar-refractivity contribution in [1.82, 2.24) is 9.97 Å². The fraction of sp³-hybridized carbons (Fsp3) is 0.500. The molecule has 2 aromatic rings. The molecule has 0 fully saturated rings. The molecule has 1 amide bonds. The predicted octanol–water partition coefficient (Wildman–Crippen LogP) is 2.36. The Bertz CT molecular complexity index is 640. The minimum atomic E-state index is -0.327. The van der Waals surface area contributed by atoms with Crippen molar-refractivity contribution in [2.45, 2.75) is 39.7 Å². The van der Waals surface area contributed by atoms with Crippen molar-refractivity contribution in [3.63, 3.8) is 0 Å². The smallest absolute Gasteiger partial charge is 0.226 e. The fourth-order valence-corrected chi connectivity index (χ4v) is 3.05. The van der Waals surface area contributed by atoms with Gasteiger partial charge in [-0.1, -0.05) is 6.92 Å². The lowest BCUT2D eigenvalue weighted by atomic mass is 10.2. The van der Waals surface area contributed by atoms with Gasteiger partial charge in [-0.15, -0.1) is 11.3 Å². The number of hydrogen-bond donors (Lipinski definition) is 3. The standard InChI is InChI=1S/C14H21N5OS/c1-4-9-7-10-12(17-8(3)6-11(15)20)18-14(16-5-2)19-13(10)21-9/h7-8H,4-6H2,1-3H3,(H2,15,20)(H2,16,17,18,19). The van der Waals surface area contributed by atoms with E-state index in [1.165, 1.54) is 4.88 Å². The molecule has 0 aromatic carbocycles. The van der Waals surface area contributed by atoms with Crippen LogP contribution in [0, 0.1) is 0 Å². The van der Waals surface area contributed by atoms with Crippen LogP contribution in [-0.2, 0) is 11.2 Å². The molecule has 114 valence electrons. The third-order valence-electron chi connectivity index (χ3n) is 3.02. The minimum Gasteiger partial charge on any atom is -0.370 e. The van der Waals surface area contributed by atoms with E-state index in [-0.39, 0.29) is 18.4 Å². The molecule has 0 aliphatic rings. The van der Waals surface area contributed by atoms with Gasteiger partial charge in [-0.2, -0.15) is 4.98 Å². The molecule has 1 unspecified atom stereocenters. The zero-order valence-corrected chi connectivity index (χ0v) is 13.4. The second-order valence-electron chi connectivity index (χ2n) is 4.93. The molecule has 0 saturated carbocycles. The molecule has 0 saturated heterocycles.